The number of halogens is 4. The van der Waals surface area contributed by atoms with Gasteiger partial charge in [-0.25, -0.2) is 23.2 Å². The lowest BCUT2D eigenvalue weighted by atomic mass is 9.88. The van der Waals surface area contributed by atoms with Crippen molar-refractivity contribution in [3.8, 4) is 0 Å². The first-order valence-corrected chi connectivity index (χ1v) is 8.63. The molecule has 0 unspecified atom stereocenters. The van der Waals surface area contributed by atoms with Gasteiger partial charge in [0.05, 0.1) is 16.2 Å². The summed E-state index contributed by atoms with van der Waals surface area (Å²) in [5.74, 6) is -3.40. The van der Waals surface area contributed by atoms with E-state index in [4.69, 9.17) is 17.0 Å². The lowest BCUT2D eigenvalue weighted by Crippen LogP contribution is -2.44. The quantitative estimate of drug-likeness (QED) is 0.293. The average molecular weight is 411 g/mol. The van der Waals surface area contributed by atoms with Crippen LogP contribution in [0.15, 0.2) is 30.5 Å². The summed E-state index contributed by atoms with van der Waals surface area (Å²) in [6.07, 6.45) is 0.839. The minimum atomic E-state index is -2.66. The SMILES string of the molecule is N=C(c1ccnc2nc(NC3CC(F)(F)C3)[nH]c12)N(O)c1ccc(F)c(Cl)c1. The predicted octanol–water partition coefficient (Wildman–Crippen LogP) is 4.18. The number of anilines is 2. The lowest BCUT2D eigenvalue weighted by molar-refractivity contribution is -0.0794. The Balaban J connectivity index is 1.60. The van der Waals surface area contributed by atoms with Crippen molar-refractivity contribution in [2.24, 2.45) is 0 Å². The summed E-state index contributed by atoms with van der Waals surface area (Å²) in [7, 11) is 0. The van der Waals surface area contributed by atoms with Gasteiger partial charge in [-0.2, -0.15) is 4.98 Å². The highest BCUT2D eigenvalue weighted by atomic mass is 35.5. The van der Waals surface area contributed by atoms with Crippen LogP contribution in [0.4, 0.5) is 24.8 Å². The molecular formula is C17H14ClF3N6O. The monoisotopic (exact) mass is 410 g/mol. The van der Waals surface area contributed by atoms with Gasteiger partial charge in [0.2, 0.25) is 5.95 Å². The van der Waals surface area contributed by atoms with Gasteiger partial charge >= 0.3 is 0 Å². The van der Waals surface area contributed by atoms with E-state index in [2.05, 4.69) is 20.3 Å². The molecule has 28 heavy (non-hydrogen) atoms. The Labute approximate surface area is 161 Å². The van der Waals surface area contributed by atoms with Gasteiger partial charge in [-0.05, 0) is 24.3 Å². The molecule has 1 aromatic carbocycles. The van der Waals surface area contributed by atoms with E-state index in [1.54, 1.807) is 0 Å². The summed E-state index contributed by atoms with van der Waals surface area (Å²) in [5, 5.41) is 21.8. The Morgan fingerprint density at radius 1 is 1.36 bits per heavy atom. The normalized spacial score (nSPS) is 16.0. The zero-order valence-corrected chi connectivity index (χ0v) is 14.9. The molecule has 0 bridgehead atoms. The molecule has 3 aromatic rings. The number of benzene rings is 1. The second-order valence-electron chi connectivity index (χ2n) is 6.51. The second-order valence-corrected chi connectivity index (χ2v) is 6.91. The molecule has 0 amide bonds. The van der Waals surface area contributed by atoms with Crippen LogP contribution >= 0.6 is 11.6 Å². The summed E-state index contributed by atoms with van der Waals surface area (Å²) in [6, 6.07) is 4.60. The molecule has 1 aliphatic rings. The first-order valence-electron chi connectivity index (χ1n) is 8.25. The molecule has 0 atom stereocenters. The lowest BCUT2D eigenvalue weighted by Gasteiger charge is -2.35. The fourth-order valence-corrected chi connectivity index (χ4v) is 3.17. The maximum absolute atomic E-state index is 13.3. The zero-order chi connectivity index (χ0) is 20.1. The van der Waals surface area contributed by atoms with Crippen molar-refractivity contribution in [2.75, 3.05) is 10.4 Å². The Morgan fingerprint density at radius 2 is 2.11 bits per heavy atom. The molecule has 2 heterocycles. The van der Waals surface area contributed by atoms with E-state index in [1.165, 1.54) is 24.4 Å². The van der Waals surface area contributed by atoms with Gasteiger partial charge < -0.3 is 10.3 Å². The third kappa shape index (κ3) is 3.36. The number of amidine groups is 1. The molecule has 4 N–H and O–H groups in total. The van der Waals surface area contributed by atoms with E-state index < -0.39 is 17.8 Å². The van der Waals surface area contributed by atoms with Crippen LogP contribution in [0.25, 0.3) is 11.2 Å². The average Bonchev–Trinajstić information content (AvgIpc) is 3.03. The van der Waals surface area contributed by atoms with Gasteiger partial charge in [0.25, 0.3) is 5.92 Å². The number of pyridine rings is 1. The Morgan fingerprint density at radius 3 is 2.79 bits per heavy atom. The van der Waals surface area contributed by atoms with E-state index in [0.717, 1.165) is 6.07 Å². The van der Waals surface area contributed by atoms with Crippen LogP contribution in [0, 0.1) is 11.2 Å². The Kier molecular flexibility index (Phi) is 4.39. The molecule has 0 saturated heterocycles. The molecule has 1 aliphatic carbocycles. The molecule has 4 rings (SSSR count). The molecule has 0 aliphatic heterocycles. The number of alkyl halides is 2. The van der Waals surface area contributed by atoms with Gasteiger partial charge in [-0.1, -0.05) is 11.6 Å². The summed E-state index contributed by atoms with van der Waals surface area (Å²) in [5.41, 5.74) is 0.943. The molecule has 0 radical (unpaired) electrons. The first-order chi connectivity index (χ1) is 13.2. The molecule has 2 aromatic heterocycles. The number of nitrogens with one attached hydrogen (secondary N) is 3. The van der Waals surface area contributed by atoms with Crippen LogP contribution in [0.1, 0.15) is 18.4 Å². The topological polar surface area (TPSA) is 101 Å². The van der Waals surface area contributed by atoms with Crippen LogP contribution in [0.5, 0.6) is 0 Å². The summed E-state index contributed by atoms with van der Waals surface area (Å²) in [4.78, 5) is 11.2. The predicted molar refractivity (Wildman–Crippen MR) is 98.0 cm³/mol. The maximum atomic E-state index is 13.3. The maximum Gasteiger partial charge on any atom is 0.252 e. The van der Waals surface area contributed by atoms with Crippen molar-refractivity contribution in [1.82, 2.24) is 15.0 Å². The molecular weight excluding hydrogens is 397 g/mol. The van der Waals surface area contributed by atoms with Crippen LogP contribution < -0.4 is 10.4 Å². The van der Waals surface area contributed by atoms with Crippen LogP contribution in [0.2, 0.25) is 5.02 Å². The largest absolute Gasteiger partial charge is 0.353 e. The van der Waals surface area contributed by atoms with Gasteiger partial charge in [0.1, 0.15) is 5.82 Å². The first kappa shape index (κ1) is 18.5. The minimum absolute atomic E-state index is 0.0934. The van der Waals surface area contributed by atoms with Gasteiger partial charge in [0, 0.05) is 30.6 Å². The summed E-state index contributed by atoms with van der Waals surface area (Å²) in [6.45, 7) is 0. The van der Waals surface area contributed by atoms with Gasteiger partial charge in [0.15, 0.2) is 11.5 Å². The molecule has 0 spiro atoms. The van der Waals surface area contributed by atoms with Crippen molar-refractivity contribution in [1.29, 1.82) is 5.41 Å². The van der Waals surface area contributed by atoms with Crippen molar-refractivity contribution in [3.63, 3.8) is 0 Å². The van der Waals surface area contributed by atoms with Gasteiger partial charge in [-0.15, -0.1) is 0 Å². The molecule has 11 heteroatoms. The fraction of sp³-hybridized carbons (Fsp3) is 0.235. The standard InChI is InChI=1S/C17H14ClF3N6O/c18-11-5-9(1-2-12(11)19)27(28)14(22)10-3-4-23-15-13(10)25-16(26-15)24-8-6-17(20,21)7-8/h1-5,8,22,28H,6-7H2,(H2,23,24,25,26). The number of aromatic amines is 1. The van der Waals surface area contributed by atoms with Crippen molar-refractivity contribution in [2.45, 2.75) is 24.8 Å². The number of fused-ring (bicyclic) bond motifs is 1. The number of H-pyrrole nitrogens is 1. The Hall–Kier alpha value is -2.85. The van der Waals surface area contributed by atoms with E-state index in [0.29, 0.717) is 10.6 Å². The fourth-order valence-electron chi connectivity index (χ4n) is 2.99. The van der Waals surface area contributed by atoms with E-state index in [-0.39, 0.29) is 46.5 Å². The van der Waals surface area contributed by atoms with E-state index >= 15 is 0 Å². The highest BCUT2D eigenvalue weighted by Gasteiger charge is 2.45. The number of nitrogens with zero attached hydrogens (tertiary/aromatic N) is 3. The number of rotatable bonds is 4. The van der Waals surface area contributed by atoms with Crippen LogP contribution in [-0.2, 0) is 0 Å². The molecule has 146 valence electrons. The highest BCUT2D eigenvalue weighted by molar-refractivity contribution is 6.31. The zero-order valence-electron chi connectivity index (χ0n) is 14.2. The number of hydrogen-bond donors (Lipinski definition) is 4. The van der Waals surface area contributed by atoms with Crippen LogP contribution in [-0.4, -0.2) is 38.0 Å². The van der Waals surface area contributed by atoms with E-state index in [9.17, 15) is 18.4 Å². The molecule has 7 nitrogen and oxygen atoms in total. The third-order valence-electron chi connectivity index (χ3n) is 4.44. The number of imidazole rings is 1. The smallest absolute Gasteiger partial charge is 0.252 e. The minimum Gasteiger partial charge on any atom is -0.353 e. The molecule has 1 fully saturated rings. The number of aromatic nitrogens is 3. The number of hydroxylamine groups is 1. The van der Waals surface area contributed by atoms with Crippen molar-refractivity contribution >= 4 is 40.2 Å². The van der Waals surface area contributed by atoms with Gasteiger partial charge in [-0.3, -0.25) is 10.6 Å². The second kappa shape index (κ2) is 6.64. The van der Waals surface area contributed by atoms with Crippen molar-refractivity contribution in [3.05, 3.63) is 46.9 Å². The summed E-state index contributed by atoms with van der Waals surface area (Å²) >= 11 is 5.72. The van der Waals surface area contributed by atoms with E-state index in [1.807, 2.05) is 0 Å². The van der Waals surface area contributed by atoms with Crippen molar-refractivity contribution < 1.29 is 18.4 Å². The summed E-state index contributed by atoms with van der Waals surface area (Å²) < 4.78 is 39.3. The Bertz CT molecular complexity index is 1060. The molecule has 1 saturated carbocycles. The highest BCUT2D eigenvalue weighted by Crippen LogP contribution is 2.38. The third-order valence-corrected chi connectivity index (χ3v) is 4.73. The van der Waals surface area contributed by atoms with Crippen LogP contribution in [0.3, 0.4) is 0 Å². The number of hydrogen-bond acceptors (Lipinski definition) is 5.